The summed E-state index contributed by atoms with van der Waals surface area (Å²) in [6.07, 6.45) is 1.50. The van der Waals surface area contributed by atoms with Crippen molar-refractivity contribution in [3.63, 3.8) is 0 Å². The van der Waals surface area contributed by atoms with Gasteiger partial charge in [0.2, 0.25) is 5.89 Å². The largest absolute Gasteiger partial charge is 0.481 e. The van der Waals surface area contributed by atoms with Crippen LogP contribution in [0.15, 0.2) is 59.2 Å². The Morgan fingerprint density at radius 3 is 2.54 bits per heavy atom. The van der Waals surface area contributed by atoms with Crippen molar-refractivity contribution in [3.8, 4) is 0 Å². The van der Waals surface area contributed by atoms with Crippen LogP contribution in [0.5, 0.6) is 0 Å². The molecule has 2 aromatic carbocycles. The fourth-order valence-electron chi connectivity index (χ4n) is 4.06. The maximum Gasteiger partial charge on any atom is 0.303 e. The highest BCUT2D eigenvalue weighted by atomic mass is 35.5. The summed E-state index contributed by atoms with van der Waals surface area (Å²) in [5, 5.41) is 12.6. The highest BCUT2D eigenvalue weighted by Gasteiger charge is 2.39. The molecule has 3 aromatic rings. The van der Waals surface area contributed by atoms with E-state index < -0.39 is 24.5 Å². The molecule has 1 aliphatic rings. The number of halogens is 1. The van der Waals surface area contributed by atoms with Gasteiger partial charge in [-0.25, -0.2) is 4.98 Å². The molecule has 2 N–H and O–H groups in total. The highest BCUT2D eigenvalue weighted by molar-refractivity contribution is 6.30. The second kappa shape index (κ2) is 11.5. The van der Waals surface area contributed by atoms with E-state index in [1.54, 1.807) is 6.92 Å². The molecule has 1 fully saturated rings. The van der Waals surface area contributed by atoms with Crippen LogP contribution in [0.2, 0.25) is 5.02 Å². The predicted molar refractivity (Wildman–Crippen MR) is 128 cm³/mol. The van der Waals surface area contributed by atoms with E-state index in [1.165, 1.54) is 6.26 Å². The van der Waals surface area contributed by atoms with Crippen molar-refractivity contribution in [2.45, 2.75) is 51.1 Å². The van der Waals surface area contributed by atoms with Gasteiger partial charge in [0.05, 0.1) is 6.10 Å². The minimum Gasteiger partial charge on any atom is -0.481 e. The van der Waals surface area contributed by atoms with Crippen molar-refractivity contribution < 1.29 is 28.6 Å². The maximum absolute atomic E-state index is 12.6. The van der Waals surface area contributed by atoms with Crippen molar-refractivity contribution in [1.29, 1.82) is 0 Å². The first-order valence-corrected chi connectivity index (χ1v) is 11.8. The van der Waals surface area contributed by atoms with Crippen LogP contribution in [-0.4, -0.2) is 40.9 Å². The molecule has 0 bridgehead atoms. The smallest absolute Gasteiger partial charge is 0.303 e. The number of ether oxygens (including phenoxy) is 2. The van der Waals surface area contributed by atoms with Crippen LogP contribution < -0.4 is 5.32 Å². The van der Waals surface area contributed by atoms with Gasteiger partial charge in [0, 0.05) is 24.4 Å². The van der Waals surface area contributed by atoms with E-state index in [9.17, 15) is 9.59 Å². The number of hydrogen-bond donors (Lipinski definition) is 2. The zero-order valence-electron chi connectivity index (χ0n) is 19.3. The van der Waals surface area contributed by atoms with Crippen LogP contribution in [0.1, 0.15) is 52.5 Å². The van der Waals surface area contributed by atoms with Gasteiger partial charge in [0.1, 0.15) is 6.26 Å². The molecule has 3 atom stereocenters. The lowest BCUT2D eigenvalue weighted by atomic mass is 9.96. The lowest BCUT2D eigenvalue weighted by Gasteiger charge is -2.16. The number of carboxylic acids is 1. The zero-order chi connectivity index (χ0) is 24.8. The molecule has 0 unspecified atom stereocenters. The van der Waals surface area contributed by atoms with Gasteiger partial charge in [-0.2, -0.15) is 0 Å². The van der Waals surface area contributed by atoms with Crippen LogP contribution in [0.4, 0.5) is 0 Å². The summed E-state index contributed by atoms with van der Waals surface area (Å²) in [6.45, 7) is 2.23. The molecule has 0 aliphatic carbocycles. The van der Waals surface area contributed by atoms with Crippen LogP contribution in [-0.2, 0) is 33.5 Å². The SMILES string of the molecule is C[C@@H]1O[C@H](Cc2ccccc2CCC(=O)O)[C@H](c2nc(C(=O)NCCc3ccc(Cl)cc3)co2)O1. The standard InChI is InChI=1S/C26H27ClN2O6/c1-16-34-22(14-19-5-3-2-4-18(19)8-11-23(30)31)24(35-16)26-29-21(15-33-26)25(32)28-13-12-17-6-9-20(27)10-7-17/h2-7,9-10,15-16,22,24H,8,11-14H2,1H3,(H,28,32)(H,30,31)/t16-,22-,24-/m1/s1. The number of hydrogen-bond acceptors (Lipinski definition) is 6. The van der Waals surface area contributed by atoms with E-state index in [1.807, 2.05) is 48.5 Å². The number of aromatic nitrogens is 1. The van der Waals surface area contributed by atoms with Crippen molar-refractivity contribution >= 4 is 23.5 Å². The van der Waals surface area contributed by atoms with Crippen molar-refractivity contribution in [3.05, 3.63) is 88.1 Å². The molecule has 35 heavy (non-hydrogen) atoms. The minimum absolute atomic E-state index is 0.0507. The Hall–Kier alpha value is -3.20. The second-order valence-electron chi connectivity index (χ2n) is 8.37. The summed E-state index contributed by atoms with van der Waals surface area (Å²) in [4.78, 5) is 27.9. The molecule has 1 saturated heterocycles. The monoisotopic (exact) mass is 498 g/mol. The van der Waals surface area contributed by atoms with Crippen LogP contribution in [0.25, 0.3) is 0 Å². The average molecular weight is 499 g/mol. The molecule has 1 amide bonds. The molecule has 9 heteroatoms. The van der Waals surface area contributed by atoms with Crippen LogP contribution in [0.3, 0.4) is 0 Å². The van der Waals surface area contributed by atoms with Crippen LogP contribution in [0, 0.1) is 0 Å². The van der Waals surface area contributed by atoms with Gasteiger partial charge in [0.15, 0.2) is 18.1 Å². The van der Waals surface area contributed by atoms with E-state index in [0.29, 0.717) is 30.8 Å². The summed E-state index contributed by atoms with van der Waals surface area (Å²) < 4.78 is 17.5. The zero-order valence-corrected chi connectivity index (χ0v) is 20.0. The molecule has 0 saturated carbocycles. The normalized spacial score (nSPS) is 19.5. The number of aryl methyl sites for hydroxylation is 1. The van der Waals surface area contributed by atoms with Gasteiger partial charge in [-0.3, -0.25) is 9.59 Å². The first-order chi connectivity index (χ1) is 16.9. The van der Waals surface area contributed by atoms with Gasteiger partial charge in [-0.05, 0) is 48.6 Å². The average Bonchev–Trinajstić information content (AvgIpc) is 3.46. The van der Waals surface area contributed by atoms with Crippen molar-refractivity contribution in [2.75, 3.05) is 6.54 Å². The molecular weight excluding hydrogens is 472 g/mol. The van der Waals surface area contributed by atoms with E-state index in [4.69, 9.17) is 30.6 Å². The minimum atomic E-state index is -0.842. The summed E-state index contributed by atoms with van der Waals surface area (Å²) in [5.41, 5.74) is 3.16. The number of rotatable bonds is 10. The number of nitrogens with one attached hydrogen (secondary N) is 1. The first-order valence-electron chi connectivity index (χ1n) is 11.5. The van der Waals surface area contributed by atoms with E-state index in [0.717, 1.165) is 16.7 Å². The Morgan fingerprint density at radius 2 is 1.80 bits per heavy atom. The summed E-state index contributed by atoms with van der Waals surface area (Å²) in [6, 6.07) is 15.1. The molecule has 8 nitrogen and oxygen atoms in total. The summed E-state index contributed by atoms with van der Waals surface area (Å²) >= 11 is 5.90. The Labute approximate surface area is 208 Å². The third kappa shape index (κ3) is 6.69. The van der Waals surface area contributed by atoms with Gasteiger partial charge < -0.3 is 24.3 Å². The number of carboxylic acid groups (broad SMARTS) is 1. The number of nitrogens with zero attached hydrogens (tertiary/aromatic N) is 1. The van der Waals surface area contributed by atoms with Gasteiger partial charge in [-0.15, -0.1) is 0 Å². The molecule has 2 heterocycles. The second-order valence-corrected chi connectivity index (χ2v) is 8.81. The molecule has 0 radical (unpaired) electrons. The number of benzene rings is 2. The molecule has 1 aromatic heterocycles. The third-order valence-corrected chi connectivity index (χ3v) is 6.05. The Bertz CT molecular complexity index is 1160. The number of carbonyl (C=O) groups is 2. The Kier molecular flexibility index (Phi) is 8.17. The molecule has 1 aliphatic heterocycles. The third-order valence-electron chi connectivity index (χ3n) is 5.80. The topological polar surface area (TPSA) is 111 Å². The Balaban J connectivity index is 1.38. The maximum atomic E-state index is 12.6. The molecule has 4 rings (SSSR count). The van der Waals surface area contributed by atoms with E-state index in [2.05, 4.69) is 10.3 Å². The molecular formula is C26H27ClN2O6. The fourth-order valence-corrected chi connectivity index (χ4v) is 4.19. The van der Waals surface area contributed by atoms with Gasteiger partial charge >= 0.3 is 5.97 Å². The number of oxazole rings is 1. The Morgan fingerprint density at radius 1 is 1.06 bits per heavy atom. The van der Waals surface area contributed by atoms with Crippen molar-refractivity contribution in [1.82, 2.24) is 10.3 Å². The first kappa shape index (κ1) is 24.9. The van der Waals surface area contributed by atoms with E-state index in [-0.39, 0.29) is 23.9 Å². The highest BCUT2D eigenvalue weighted by Crippen LogP contribution is 2.34. The van der Waals surface area contributed by atoms with Gasteiger partial charge in [-0.1, -0.05) is 48.0 Å². The number of amides is 1. The number of aliphatic carboxylic acids is 1. The molecule has 0 spiro atoms. The van der Waals surface area contributed by atoms with Gasteiger partial charge in [0.25, 0.3) is 5.91 Å². The van der Waals surface area contributed by atoms with Crippen molar-refractivity contribution in [2.24, 2.45) is 0 Å². The van der Waals surface area contributed by atoms with Crippen LogP contribution >= 0.6 is 11.6 Å². The quantitative estimate of drug-likeness (QED) is 0.427. The predicted octanol–water partition coefficient (Wildman–Crippen LogP) is 4.36. The fraction of sp³-hybridized carbons (Fsp3) is 0.346. The molecule has 184 valence electrons. The lowest BCUT2D eigenvalue weighted by molar-refractivity contribution is -0.136. The lowest BCUT2D eigenvalue weighted by Crippen LogP contribution is -2.26. The summed E-state index contributed by atoms with van der Waals surface area (Å²) in [7, 11) is 0. The summed E-state index contributed by atoms with van der Waals surface area (Å²) in [5.74, 6) is -0.910. The van der Waals surface area contributed by atoms with E-state index >= 15 is 0 Å². The number of carbonyl (C=O) groups excluding carboxylic acids is 1.